The van der Waals surface area contributed by atoms with E-state index in [-0.39, 0.29) is 6.10 Å². The molecule has 1 fully saturated rings. The van der Waals surface area contributed by atoms with Gasteiger partial charge in [0.15, 0.2) is 0 Å². The Kier molecular flexibility index (Phi) is 4.15. The van der Waals surface area contributed by atoms with E-state index in [0.717, 1.165) is 43.4 Å². The summed E-state index contributed by atoms with van der Waals surface area (Å²) in [4.78, 5) is 11.0. The molecule has 0 saturated carbocycles. The van der Waals surface area contributed by atoms with Crippen LogP contribution in [0.2, 0.25) is 0 Å². The number of hydrogen-bond donors (Lipinski definition) is 2. The van der Waals surface area contributed by atoms with Crippen molar-refractivity contribution in [2.24, 2.45) is 0 Å². The molecule has 2 rings (SSSR count). The summed E-state index contributed by atoms with van der Waals surface area (Å²) in [6.45, 7) is 7.95. The number of nitrogens with zero attached hydrogens (tertiary/aromatic N) is 3. The monoisotopic (exact) mass is 248 g/mol. The second-order valence-corrected chi connectivity index (χ2v) is 4.55. The van der Waals surface area contributed by atoms with Crippen LogP contribution in [0.5, 0.6) is 0 Å². The molecule has 0 amide bonds. The second kappa shape index (κ2) is 5.82. The van der Waals surface area contributed by atoms with Gasteiger partial charge in [0.25, 0.3) is 0 Å². The Morgan fingerprint density at radius 3 is 2.89 bits per heavy atom. The molecule has 2 heterocycles. The van der Waals surface area contributed by atoms with Crippen molar-refractivity contribution in [3.8, 4) is 0 Å². The lowest BCUT2D eigenvalue weighted by molar-refractivity contribution is 0.145. The number of aromatic nitrogens is 2. The minimum absolute atomic E-state index is 0.164. The molecule has 0 spiro atoms. The lowest BCUT2D eigenvalue weighted by Gasteiger charge is -2.30. The molecule has 0 atom stereocenters. The molecule has 1 aliphatic rings. The van der Waals surface area contributed by atoms with E-state index in [1.165, 1.54) is 0 Å². The maximum atomic E-state index is 9.52. The summed E-state index contributed by atoms with van der Waals surface area (Å²) >= 11 is 0. The standard InChI is InChI=1S/C13H20N4O/c1-3-6-14-12-9-13(16-10(2)15-12)17-7-4-11(18)5-8-17/h3,9,11,18H,1,4-8H2,2H3,(H,14,15,16). The van der Waals surface area contributed by atoms with E-state index in [0.29, 0.717) is 6.54 Å². The molecule has 1 aromatic heterocycles. The van der Waals surface area contributed by atoms with Crippen molar-refractivity contribution in [3.05, 3.63) is 24.5 Å². The van der Waals surface area contributed by atoms with Gasteiger partial charge in [-0.05, 0) is 19.8 Å². The predicted octanol–water partition coefficient (Wildman–Crippen LogP) is 1.34. The van der Waals surface area contributed by atoms with Crippen LogP contribution in [0.4, 0.5) is 11.6 Å². The third-order valence-electron chi connectivity index (χ3n) is 3.04. The van der Waals surface area contributed by atoms with Crippen LogP contribution in [-0.2, 0) is 0 Å². The molecule has 1 aromatic rings. The van der Waals surface area contributed by atoms with Gasteiger partial charge >= 0.3 is 0 Å². The fourth-order valence-corrected chi connectivity index (χ4v) is 2.08. The molecule has 98 valence electrons. The lowest BCUT2D eigenvalue weighted by atomic mass is 10.1. The first-order valence-electron chi connectivity index (χ1n) is 6.32. The van der Waals surface area contributed by atoms with E-state index in [9.17, 15) is 5.11 Å². The maximum absolute atomic E-state index is 9.52. The van der Waals surface area contributed by atoms with Crippen LogP contribution in [0, 0.1) is 6.92 Å². The van der Waals surface area contributed by atoms with E-state index in [1.807, 2.05) is 13.0 Å². The van der Waals surface area contributed by atoms with Gasteiger partial charge in [-0.15, -0.1) is 6.58 Å². The number of piperidine rings is 1. The van der Waals surface area contributed by atoms with Gasteiger partial charge in [0.1, 0.15) is 17.5 Å². The third-order valence-corrected chi connectivity index (χ3v) is 3.04. The Morgan fingerprint density at radius 2 is 2.22 bits per heavy atom. The van der Waals surface area contributed by atoms with E-state index in [2.05, 4.69) is 26.8 Å². The number of aliphatic hydroxyl groups is 1. The van der Waals surface area contributed by atoms with Gasteiger partial charge < -0.3 is 15.3 Å². The summed E-state index contributed by atoms with van der Waals surface area (Å²) in [6, 6.07) is 1.95. The number of aliphatic hydroxyl groups excluding tert-OH is 1. The summed E-state index contributed by atoms with van der Waals surface area (Å²) in [7, 11) is 0. The van der Waals surface area contributed by atoms with Crippen LogP contribution < -0.4 is 10.2 Å². The molecule has 0 aliphatic carbocycles. The van der Waals surface area contributed by atoms with Crippen LogP contribution in [0.25, 0.3) is 0 Å². The summed E-state index contributed by atoms with van der Waals surface area (Å²) < 4.78 is 0. The molecule has 5 nitrogen and oxygen atoms in total. The Morgan fingerprint density at radius 1 is 1.50 bits per heavy atom. The molecule has 0 radical (unpaired) electrons. The van der Waals surface area contributed by atoms with Gasteiger partial charge in [0, 0.05) is 25.7 Å². The number of aryl methyl sites for hydroxylation is 1. The fourth-order valence-electron chi connectivity index (χ4n) is 2.08. The zero-order valence-electron chi connectivity index (χ0n) is 10.8. The summed E-state index contributed by atoms with van der Waals surface area (Å²) in [5.74, 6) is 2.51. The van der Waals surface area contributed by atoms with Gasteiger partial charge in [-0.1, -0.05) is 6.08 Å². The largest absolute Gasteiger partial charge is 0.393 e. The van der Waals surface area contributed by atoms with Crippen molar-refractivity contribution in [2.75, 3.05) is 29.9 Å². The first-order valence-corrected chi connectivity index (χ1v) is 6.32. The van der Waals surface area contributed by atoms with Crippen molar-refractivity contribution in [1.82, 2.24) is 9.97 Å². The Bertz CT molecular complexity index is 413. The summed E-state index contributed by atoms with van der Waals surface area (Å²) in [6.07, 6.45) is 3.24. The molecule has 0 bridgehead atoms. The molecule has 1 saturated heterocycles. The number of hydrogen-bond acceptors (Lipinski definition) is 5. The quantitative estimate of drug-likeness (QED) is 0.787. The highest BCUT2D eigenvalue weighted by atomic mass is 16.3. The molecule has 2 N–H and O–H groups in total. The number of anilines is 2. The van der Waals surface area contributed by atoms with E-state index < -0.39 is 0 Å². The SMILES string of the molecule is C=CCNc1cc(N2CCC(O)CC2)nc(C)n1. The Hall–Kier alpha value is -1.62. The predicted molar refractivity (Wildman–Crippen MR) is 72.9 cm³/mol. The fraction of sp³-hybridized carbons (Fsp3) is 0.538. The van der Waals surface area contributed by atoms with E-state index in [4.69, 9.17) is 0 Å². The molecular weight excluding hydrogens is 228 g/mol. The molecule has 0 aromatic carbocycles. The van der Waals surface area contributed by atoms with Crippen molar-refractivity contribution in [2.45, 2.75) is 25.9 Å². The highest BCUT2D eigenvalue weighted by molar-refractivity contribution is 5.49. The Labute approximate surface area is 108 Å². The number of rotatable bonds is 4. The molecular formula is C13H20N4O. The average Bonchev–Trinajstić information content (AvgIpc) is 2.36. The highest BCUT2D eigenvalue weighted by Crippen LogP contribution is 2.20. The highest BCUT2D eigenvalue weighted by Gasteiger charge is 2.18. The zero-order valence-corrected chi connectivity index (χ0v) is 10.8. The van der Waals surface area contributed by atoms with Gasteiger partial charge in [-0.25, -0.2) is 9.97 Å². The van der Waals surface area contributed by atoms with Gasteiger partial charge in [0.05, 0.1) is 6.10 Å². The first-order chi connectivity index (χ1) is 8.69. The van der Waals surface area contributed by atoms with Crippen molar-refractivity contribution < 1.29 is 5.11 Å². The maximum Gasteiger partial charge on any atom is 0.134 e. The second-order valence-electron chi connectivity index (χ2n) is 4.55. The van der Waals surface area contributed by atoms with Crippen molar-refractivity contribution in [1.29, 1.82) is 0 Å². The lowest BCUT2D eigenvalue weighted by Crippen LogP contribution is -2.36. The number of nitrogens with one attached hydrogen (secondary N) is 1. The smallest absolute Gasteiger partial charge is 0.134 e. The molecule has 1 aliphatic heterocycles. The average molecular weight is 248 g/mol. The van der Waals surface area contributed by atoms with Gasteiger partial charge in [0.2, 0.25) is 0 Å². The van der Waals surface area contributed by atoms with E-state index in [1.54, 1.807) is 6.08 Å². The van der Waals surface area contributed by atoms with Gasteiger partial charge in [-0.2, -0.15) is 0 Å². The van der Waals surface area contributed by atoms with Crippen molar-refractivity contribution in [3.63, 3.8) is 0 Å². The zero-order chi connectivity index (χ0) is 13.0. The van der Waals surface area contributed by atoms with Crippen LogP contribution in [0.15, 0.2) is 18.7 Å². The van der Waals surface area contributed by atoms with Gasteiger partial charge in [-0.3, -0.25) is 0 Å². The van der Waals surface area contributed by atoms with Crippen LogP contribution in [-0.4, -0.2) is 40.8 Å². The minimum Gasteiger partial charge on any atom is -0.393 e. The first kappa shape index (κ1) is 12.8. The normalized spacial score (nSPS) is 16.7. The summed E-state index contributed by atoms with van der Waals surface area (Å²) in [5, 5.41) is 12.7. The minimum atomic E-state index is -0.164. The van der Waals surface area contributed by atoms with E-state index >= 15 is 0 Å². The third kappa shape index (κ3) is 3.20. The van der Waals surface area contributed by atoms with Crippen LogP contribution in [0.3, 0.4) is 0 Å². The summed E-state index contributed by atoms with van der Waals surface area (Å²) in [5.41, 5.74) is 0. The van der Waals surface area contributed by atoms with Crippen LogP contribution >= 0.6 is 0 Å². The van der Waals surface area contributed by atoms with Crippen LogP contribution in [0.1, 0.15) is 18.7 Å². The Balaban J connectivity index is 2.11. The topological polar surface area (TPSA) is 61.3 Å². The molecule has 18 heavy (non-hydrogen) atoms. The van der Waals surface area contributed by atoms with Crippen molar-refractivity contribution >= 4 is 11.6 Å². The molecule has 0 unspecified atom stereocenters. The molecule has 5 heteroatoms.